The maximum Gasteiger partial charge on any atom is 0.171 e. The Morgan fingerprint density at radius 1 is 0.950 bits per heavy atom. The van der Waals surface area contributed by atoms with Gasteiger partial charge in [0, 0.05) is 5.70 Å². The third-order valence-corrected chi connectivity index (χ3v) is 3.40. The summed E-state index contributed by atoms with van der Waals surface area (Å²) >= 11 is 5.25. The fourth-order valence-electron chi connectivity index (χ4n) is 2.19. The fraction of sp³-hybridized carbons (Fsp3) is 0.0625. The summed E-state index contributed by atoms with van der Waals surface area (Å²) < 4.78 is 13.0. The van der Waals surface area contributed by atoms with Gasteiger partial charge >= 0.3 is 0 Å². The van der Waals surface area contributed by atoms with Crippen LogP contribution in [0.4, 0.5) is 4.39 Å². The summed E-state index contributed by atoms with van der Waals surface area (Å²) in [4.78, 5) is 0. The maximum atomic E-state index is 13.0. The maximum absolute atomic E-state index is 13.0. The summed E-state index contributed by atoms with van der Waals surface area (Å²) in [7, 11) is 0. The van der Waals surface area contributed by atoms with Gasteiger partial charge in [0.1, 0.15) is 5.82 Å². The van der Waals surface area contributed by atoms with Gasteiger partial charge in [-0.25, -0.2) is 4.39 Å². The Morgan fingerprint density at radius 3 is 2.35 bits per heavy atom. The summed E-state index contributed by atoms with van der Waals surface area (Å²) in [6.45, 7) is 0. The molecule has 0 unspecified atom stereocenters. The van der Waals surface area contributed by atoms with E-state index in [-0.39, 0.29) is 11.9 Å². The van der Waals surface area contributed by atoms with E-state index in [1.54, 1.807) is 12.1 Å². The first-order valence-corrected chi connectivity index (χ1v) is 6.73. The van der Waals surface area contributed by atoms with Crippen molar-refractivity contribution in [2.45, 2.75) is 6.04 Å². The van der Waals surface area contributed by atoms with Gasteiger partial charge in [-0.05, 0) is 41.6 Å². The van der Waals surface area contributed by atoms with Gasteiger partial charge in [0.25, 0.3) is 0 Å². The lowest BCUT2D eigenvalue weighted by molar-refractivity contribution is 0.625. The standard InChI is InChI=1S/C16H13FN2S/c17-13-8-6-12(7-9-13)15-10-14(18-16(20)19-15)11-4-2-1-3-5-11/h1-10,15H,(H2,18,19,20)/t15-/m1/s1. The zero-order valence-electron chi connectivity index (χ0n) is 10.6. The quantitative estimate of drug-likeness (QED) is 0.827. The number of rotatable bonds is 2. The molecule has 0 aliphatic carbocycles. The van der Waals surface area contributed by atoms with Crippen LogP contribution in [0.15, 0.2) is 60.7 Å². The molecule has 0 radical (unpaired) electrons. The molecule has 100 valence electrons. The highest BCUT2D eigenvalue weighted by molar-refractivity contribution is 7.80. The number of hydrogen-bond acceptors (Lipinski definition) is 1. The Hall–Kier alpha value is -2.20. The molecule has 0 spiro atoms. The van der Waals surface area contributed by atoms with Crippen LogP contribution >= 0.6 is 12.2 Å². The lowest BCUT2D eigenvalue weighted by Gasteiger charge is -2.26. The molecule has 0 fully saturated rings. The summed E-state index contributed by atoms with van der Waals surface area (Å²) in [5, 5.41) is 6.89. The lowest BCUT2D eigenvalue weighted by atomic mass is 10.0. The van der Waals surface area contributed by atoms with Crippen molar-refractivity contribution in [3.05, 3.63) is 77.6 Å². The van der Waals surface area contributed by atoms with Gasteiger partial charge in [0.05, 0.1) is 6.04 Å². The third kappa shape index (κ3) is 2.70. The van der Waals surface area contributed by atoms with Crippen molar-refractivity contribution in [3.63, 3.8) is 0 Å². The van der Waals surface area contributed by atoms with Crippen LogP contribution in [0.2, 0.25) is 0 Å². The van der Waals surface area contributed by atoms with Crippen LogP contribution in [-0.2, 0) is 0 Å². The average molecular weight is 284 g/mol. The van der Waals surface area contributed by atoms with Gasteiger partial charge in [0.2, 0.25) is 0 Å². The molecule has 0 saturated heterocycles. The Bertz CT molecular complexity index is 650. The Balaban J connectivity index is 1.95. The molecule has 1 aliphatic rings. The predicted octanol–water partition coefficient (Wildman–Crippen LogP) is 3.39. The SMILES string of the molecule is Fc1ccc([C@H]2C=C(c3ccccc3)NC(=S)N2)cc1. The summed E-state index contributed by atoms with van der Waals surface area (Å²) in [5.41, 5.74) is 3.01. The topological polar surface area (TPSA) is 24.1 Å². The van der Waals surface area contributed by atoms with E-state index in [9.17, 15) is 4.39 Å². The highest BCUT2D eigenvalue weighted by Crippen LogP contribution is 2.23. The van der Waals surface area contributed by atoms with E-state index in [4.69, 9.17) is 12.2 Å². The molecule has 1 aliphatic heterocycles. The molecular formula is C16H13FN2S. The van der Waals surface area contributed by atoms with Crippen LogP contribution in [0.25, 0.3) is 5.70 Å². The first-order chi connectivity index (χ1) is 9.72. The van der Waals surface area contributed by atoms with Crippen LogP contribution in [-0.4, -0.2) is 5.11 Å². The second-order valence-electron chi connectivity index (χ2n) is 4.57. The largest absolute Gasteiger partial charge is 0.352 e. The fourth-order valence-corrected chi connectivity index (χ4v) is 2.42. The zero-order valence-corrected chi connectivity index (χ0v) is 11.5. The molecule has 2 nitrogen and oxygen atoms in total. The second-order valence-corrected chi connectivity index (χ2v) is 4.98. The summed E-state index contributed by atoms with van der Waals surface area (Å²) in [5.74, 6) is -0.238. The van der Waals surface area contributed by atoms with Crippen LogP contribution in [0.3, 0.4) is 0 Å². The van der Waals surface area contributed by atoms with Crippen molar-refractivity contribution < 1.29 is 4.39 Å². The van der Waals surface area contributed by atoms with Crippen molar-refractivity contribution in [2.75, 3.05) is 0 Å². The van der Waals surface area contributed by atoms with E-state index >= 15 is 0 Å². The molecular weight excluding hydrogens is 271 g/mol. The molecule has 1 atom stereocenters. The molecule has 2 aromatic carbocycles. The summed E-state index contributed by atoms with van der Waals surface area (Å²) in [6.07, 6.45) is 2.05. The van der Waals surface area contributed by atoms with Gasteiger partial charge in [-0.2, -0.15) is 0 Å². The van der Waals surface area contributed by atoms with E-state index in [0.29, 0.717) is 5.11 Å². The van der Waals surface area contributed by atoms with Crippen LogP contribution in [0, 0.1) is 5.82 Å². The van der Waals surface area contributed by atoms with Crippen molar-refractivity contribution in [1.82, 2.24) is 10.6 Å². The van der Waals surface area contributed by atoms with Gasteiger partial charge in [-0.3, -0.25) is 0 Å². The van der Waals surface area contributed by atoms with E-state index in [0.717, 1.165) is 16.8 Å². The highest BCUT2D eigenvalue weighted by Gasteiger charge is 2.18. The number of benzene rings is 2. The Morgan fingerprint density at radius 2 is 1.65 bits per heavy atom. The number of halogens is 1. The van der Waals surface area contributed by atoms with Crippen molar-refractivity contribution >= 4 is 23.0 Å². The second kappa shape index (κ2) is 5.43. The van der Waals surface area contributed by atoms with Crippen molar-refractivity contribution in [2.24, 2.45) is 0 Å². The number of thiocarbonyl (C=S) groups is 1. The first-order valence-electron chi connectivity index (χ1n) is 6.32. The van der Waals surface area contributed by atoms with Gasteiger partial charge in [0.15, 0.2) is 5.11 Å². The normalized spacial score (nSPS) is 17.9. The molecule has 0 aromatic heterocycles. The first kappa shape index (κ1) is 12.8. The van der Waals surface area contributed by atoms with Crippen LogP contribution < -0.4 is 10.6 Å². The number of hydrogen-bond donors (Lipinski definition) is 2. The minimum atomic E-state index is -0.238. The van der Waals surface area contributed by atoms with Gasteiger partial charge in [-0.1, -0.05) is 42.5 Å². The number of nitrogens with one attached hydrogen (secondary N) is 2. The van der Waals surface area contributed by atoms with Gasteiger partial charge in [-0.15, -0.1) is 0 Å². The van der Waals surface area contributed by atoms with Gasteiger partial charge < -0.3 is 10.6 Å². The zero-order chi connectivity index (χ0) is 13.9. The molecule has 0 saturated carbocycles. The van der Waals surface area contributed by atoms with Crippen LogP contribution in [0.5, 0.6) is 0 Å². The average Bonchev–Trinajstić information content (AvgIpc) is 2.48. The monoisotopic (exact) mass is 284 g/mol. The van der Waals surface area contributed by atoms with E-state index < -0.39 is 0 Å². The highest BCUT2D eigenvalue weighted by atomic mass is 32.1. The molecule has 20 heavy (non-hydrogen) atoms. The molecule has 3 rings (SSSR count). The molecule has 0 amide bonds. The minimum Gasteiger partial charge on any atom is -0.352 e. The Labute approximate surface area is 122 Å². The predicted molar refractivity (Wildman–Crippen MR) is 82.4 cm³/mol. The van der Waals surface area contributed by atoms with E-state index in [1.807, 2.05) is 30.3 Å². The smallest absolute Gasteiger partial charge is 0.171 e. The lowest BCUT2D eigenvalue weighted by Crippen LogP contribution is -2.40. The third-order valence-electron chi connectivity index (χ3n) is 3.18. The van der Waals surface area contributed by atoms with Crippen LogP contribution in [0.1, 0.15) is 17.2 Å². The van der Waals surface area contributed by atoms with Crippen molar-refractivity contribution in [3.8, 4) is 0 Å². The molecule has 2 N–H and O–H groups in total. The van der Waals surface area contributed by atoms with E-state index in [2.05, 4.69) is 16.7 Å². The molecule has 1 heterocycles. The molecule has 0 bridgehead atoms. The molecule has 4 heteroatoms. The van der Waals surface area contributed by atoms with E-state index in [1.165, 1.54) is 12.1 Å². The summed E-state index contributed by atoms with van der Waals surface area (Å²) in [6, 6.07) is 16.4. The Kier molecular flexibility index (Phi) is 3.48. The van der Waals surface area contributed by atoms with Crippen molar-refractivity contribution in [1.29, 1.82) is 0 Å². The molecule has 2 aromatic rings. The minimum absolute atomic E-state index is 0.0560.